The van der Waals surface area contributed by atoms with Gasteiger partial charge in [0.25, 0.3) is 0 Å². The summed E-state index contributed by atoms with van der Waals surface area (Å²) in [5.74, 6) is -0.153. The Kier molecular flexibility index (Phi) is 8.58. The van der Waals surface area contributed by atoms with Gasteiger partial charge in [-0.3, -0.25) is 4.79 Å². The fraction of sp³-hybridized carbons (Fsp3) is 0.818. The van der Waals surface area contributed by atoms with E-state index in [1.807, 2.05) is 13.8 Å². The van der Waals surface area contributed by atoms with Gasteiger partial charge in [0.15, 0.2) is 0 Å². The summed E-state index contributed by atoms with van der Waals surface area (Å²) in [6.07, 6.45) is 1.62. The standard InChI is InChI=1S/C11H20N4O.2ClH/c1-11(2,7-13)9(14)10(16)15-5-3-4-8(15)6-12;;/h8-9H,3-5,7,13-14H2,1-2H3;2*1H. The zero-order chi connectivity index (χ0) is 12.3. The number of nitriles is 1. The molecule has 1 aliphatic rings. The van der Waals surface area contributed by atoms with E-state index in [9.17, 15) is 4.79 Å². The maximum absolute atomic E-state index is 12.1. The number of halogens is 2. The van der Waals surface area contributed by atoms with Gasteiger partial charge in [-0.15, -0.1) is 24.8 Å². The third-order valence-electron chi connectivity index (χ3n) is 3.32. The van der Waals surface area contributed by atoms with Crippen molar-refractivity contribution in [3.8, 4) is 6.07 Å². The van der Waals surface area contributed by atoms with E-state index in [2.05, 4.69) is 6.07 Å². The normalized spacial score (nSPS) is 20.4. The average molecular weight is 297 g/mol. The molecule has 106 valence electrons. The van der Waals surface area contributed by atoms with Crippen molar-refractivity contribution < 1.29 is 4.79 Å². The molecule has 1 saturated heterocycles. The molecule has 7 heteroatoms. The zero-order valence-corrected chi connectivity index (χ0v) is 12.4. The van der Waals surface area contributed by atoms with Crippen LogP contribution >= 0.6 is 24.8 Å². The number of carbonyl (C=O) groups excluding carboxylic acids is 1. The zero-order valence-electron chi connectivity index (χ0n) is 10.8. The summed E-state index contributed by atoms with van der Waals surface area (Å²) in [6, 6.07) is 1.19. The molecular weight excluding hydrogens is 275 g/mol. The number of likely N-dealkylation sites (tertiary alicyclic amines) is 1. The first-order valence-corrected chi connectivity index (χ1v) is 5.60. The van der Waals surface area contributed by atoms with Gasteiger partial charge in [0.1, 0.15) is 6.04 Å². The molecule has 1 aliphatic heterocycles. The van der Waals surface area contributed by atoms with Gasteiger partial charge in [-0.1, -0.05) is 13.8 Å². The van der Waals surface area contributed by atoms with E-state index in [4.69, 9.17) is 16.7 Å². The van der Waals surface area contributed by atoms with E-state index in [1.54, 1.807) is 4.90 Å². The van der Waals surface area contributed by atoms with Crippen LogP contribution in [0, 0.1) is 16.7 Å². The summed E-state index contributed by atoms with van der Waals surface area (Å²) in [7, 11) is 0. The lowest BCUT2D eigenvalue weighted by atomic mass is 9.84. The summed E-state index contributed by atoms with van der Waals surface area (Å²) in [5.41, 5.74) is 11.1. The van der Waals surface area contributed by atoms with Crippen molar-refractivity contribution in [2.24, 2.45) is 16.9 Å². The molecule has 18 heavy (non-hydrogen) atoms. The van der Waals surface area contributed by atoms with Crippen LogP contribution in [0.15, 0.2) is 0 Å². The molecule has 2 atom stereocenters. The summed E-state index contributed by atoms with van der Waals surface area (Å²) >= 11 is 0. The summed E-state index contributed by atoms with van der Waals surface area (Å²) in [4.78, 5) is 13.7. The minimum atomic E-state index is -0.633. The van der Waals surface area contributed by atoms with Gasteiger partial charge in [-0.25, -0.2) is 0 Å². The first-order chi connectivity index (χ1) is 7.44. The molecule has 1 heterocycles. The fourth-order valence-corrected chi connectivity index (χ4v) is 1.80. The predicted octanol–water partition coefficient (Wildman–Crippen LogP) is 0.657. The quantitative estimate of drug-likeness (QED) is 0.799. The van der Waals surface area contributed by atoms with Crippen LogP contribution in [0.4, 0.5) is 0 Å². The lowest BCUT2D eigenvalue weighted by Gasteiger charge is -2.33. The van der Waals surface area contributed by atoms with E-state index < -0.39 is 11.5 Å². The van der Waals surface area contributed by atoms with Crippen LogP contribution in [0.5, 0.6) is 0 Å². The van der Waals surface area contributed by atoms with Crippen molar-refractivity contribution in [1.29, 1.82) is 5.26 Å². The lowest BCUT2D eigenvalue weighted by Crippen LogP contribution is -2.54. The minimum Gasteiger partial charge on any atom is -0.330 e. The highest BCUT2D eigenvalue weighted by Gasteiger charge is 2.37. The number of nitrogens with zero attached hydrogens (tertiary/aromatic N) is 2. The molecule has 0 spiro atoms. The molecule has 5 nitrogen and oxygen atoms in total. The molecule has 1 fully saturated rings. The molecular formula is C11H22Cl2N4O. The SMILES string of the molecule is CC(C)(CN)C(N)C(=O)N1CCCC1C#N.Cl.Cl. The second-order valence-corrected chi connectivity index (χ2v) is 4.99. The van der Waals surface area contributed by atoms with E-state index in [1.165, 1.54) is 0 Å². The Morgan fingerprint density at radius 2 is 2.11 bits per heavy atom. The Morgan fingerprint density at radius 1 is 1.56 bits per heavy atom. The van der Waals surface area contributed by atoms with E-state index in [0.29, 0.717) is 13.1 Å². The Labute approximate surface area is 121 Å². The van der Waals surface area contributed by atoms with Gasteiger partial charge in [0.2, 0.25) is 5.91 Å². The molecule has 0 aliphatic carbocycles. The van der Waals surface area contributed by atoms with E-state index >= 15 is 0 Å². The van der Waals surface area contributed by atoms with Crippen molar-refractivity contribution in [2.75, 3.05) is 13.1 Å². The maximum Gasteiger partial charge on any atom is 0.241 e. The minimum absolute atomic E-state index is 0. The number of rotatable bonds is 3. The summed E-state index contributed by atoms with van der Waals surface area (Å²) in [5, 5.41) is 8.92. The van der Waals surface area contributed by atoms with Crippen molar-refractivity contribution in [1.82, 2.24) is 4.90 Å². The highest BCUT2D eigenvalue weighted by molar-refractivity contribution is 5.85. The highest BCUT2D eigenvalue weighted by atomic mass is 35.5. The lowest BCUT2D eigenvalue weighted by molar-refractivity contribution is -0.135. The van der Waals surface area contributed by atoms with Crippen LogP contribution in [-0.2, 0) is 4.79 Å². The number of hydrogen-bond acceptors (Lipinski definition) is 4. The molecule has 0 aromatic heterocycles. The molecule has 2 unspecified atom stereocenters. The number of amides is 1. The summed E-state index contributed by atoms with van der Waals surface area (Å²) < 4.78 is 0. The first kappa shape index (κ1) is 19.8. The van der Waals surface area contributed by atoms with Gasteiger partial charge in [-0.2, -0.15) is 5.26 Å². The monoisotopic (exact) mass is 296 g/mol. The number of nitrogens with two attached hydrogens (primary N) is 2. The average Bonchev–Trinajstić information content (AvgIpc) is 2.74. The van der Waals surface area contributed by atoms with Crippen LogP contribution in [-0.4, -0.2) is 36.0 Å². The third-order valence-corrected chi connectivity index (χ3v) is 3.32. The van der Waals surface area contributed by atoms with Crippen LogP contribution in [0.1, 0.15) is 26.7 Å². The van der Waals surface area contributed by atoms with E-state index in [0.717, 1.165) is 12.8 Å². The van der Waals surface area contributed by atoms with Gasteiger partial charge >= 0.3 is 0 Å². The largest absolute Gasteiger partial charge is 0.330 e. The van der Waals surface area contributed by atoms with Crippen LogP contribution in [0.25, 0.3) is 0 Å². The van der Waals surface area contributed by atoms with Crippen molar-refractivity contribution in [3.63, 3.8) is 0 Å². The van der Waals surface area contributed by atoms with Crippen molar-refractivity contribution >= 4 is 30.7 Å². The summed E-state index contributed by atoms with van der Waals surface area (Å²) in [6.45, 7) is 4.72. The fourth-order valence-electron chi connectivity index (χ4n) is 1.80. The Hall–Kier alpha value is -0.540. The second kappa shape index (κ2) is 7.80. The maximum atomic E-state index is 12.1. The van der Waals surface area contributed by atoms with E-state index in [-0.39, 0.29) is 36.8 Å². The first-order valence-electron chi connectivity index (χ1n) is 5.60. The third kappa shape index (κ3) is 3.99. The molecule has 0 radical (unpaired) electrons. The predicted molar refractivity (Wildman–Crippen MR) is 75.7 cm³/mol. The van der Waals surface area contributed by atoms with Gasteiger partial charge < -0.3 is 16.4 Å². The Bertz CT molecular complexity index is 317. The number of carbonyl (C=O) groups is 1. The highest BCUT2D eigenvalue weighted by Crippen LogP contribution is 2.23. The molecule has 0 aromatic rings. The van der Waals surface area contributed by atoms with Gasteiger partial charge in [0.05, 0.1) is 12.1 Å². The Balaban J connectivity index is 0. The molecule has 0 aromatic carbocycles. The molecule has 1 rings (SSSR count). The molecule has 4 N–H and O–H groups in total. The second-order valence-electron chi connectivity index (χ2n) is 4.99. The van der Waals surface area contributed by atoms with Gasteiger partial charge in [0, 0.05) is 12.0 Å². The number of hydrogen-bond donors (Lipinski definition) is 2. The topological polar surface area (TPSA) is 96.1 Å². The van der Waals surface area contributed by atoms with Crippen LogP contribution < -0.4 is 11.5 Å². The Morgan fingerprint density at radius 3 is 2.56 bits per heavy atom. The molecule has 0 saturated carbocycles. The molecule has 1 amide bonds. The van der Waals surface area contributed by atoms with Crippen molar-refractivity contribution in [2.45, 2.75) is 38.8 Å². The van der Waals surface area contributed by atoms with Crippen LogP contribution in [0.2, 0.25) is 0 Å². The van der Waals surface area contributed by atoms with Crippen LogP contribution in [0.3, 0.4) is 0 Å². The van der Waals surface area contributed by atoms with Gasteiger partial charge in [-0.05, 0) is 19.4 Å². The van der Waals surface area contributed by atoms with Crippen molar-refractivity contribution in [3.05, 3.63) is 0 Å². The smallest absolute Gasteiger partial charge is 0.241 e. The molecule has 0 bridgehead atoms.